The zero-order valence-electron chi connectivity index (χ0n) is 19.4. The maximum atomic E-state index is 13.2. The van der Waals surface area contributed by atoms with Gasteiger partial charge in [0.1, 0.15) is 16.4 Å². The van der Waals surface area contributed by atoms with Crippen molar-refractivity contribution in [2.45, 2.75) is 17.7 Å². The van der Waals surface area contributed by atoms with Crippen LogP contribution in [0.5, 0.6) is 11.5 Å². The first-order valence-electron chi connectivity index (χ1n) is 11.3. The molecule has 0 unspecified atom stereocenters. The van der Waals surface area contributed by atoms with Gasteiger partial charge >= 0.3 is 0 Å². The molecule has 2 heterocycles. The van der Waals surface area contributed by atoms with E-state index in [-0.39, 0.29) is 22.5 Å². The monoisotopic (exact) mass is 507 g/mol. The first-order valence-corrected chi connectivity index (χ1v) is 13.2. The average Bonchev–Trinajstić information content (AvgIpc) is 2.88. The number of nitrogens with zero attached hydrogens (tertiary/aromatic N) is 3. The Labute approximate surface area is 206 Å². The molecule has 0 radical (unpaired) electrons. The van der Waals surface area contributed by atoms with Crippen LogP contribution in [0.25, 0.3) is 0 Å². The number of hydrogen-bond donors (Lipinski definition) is 0. The highest BCUT2D eigenvalue weighted by Gasteiger charge is 2.36. The van der Waals surface area contributed by atoms with Crippen molar-refractivity contribution < 1.29 is 22.7 Å². The normalized spacial score (nSPS) is 18.1. The maximum Gasteiger partial charge on any atom is 0.246 e. The molecule has 4 rings (SSSR count). The molecule has 0 atom stereocenters. The fourth-order valence-electron chi connectivity index (χ4n) is 4.57. The number of carbonyl (C=O) groups excluding carboxylic acids is 1. The molecule has 0 spiro atoms. The lowest BCUT2D eigenvalue weighted by Crippen LogP contribution is -2.52. The number of methoxy groups -OCH3 is 2. The van der Waals surface area contributed by atoms with Gasteiger partial charge in [-0.3, -0.25) is 4.79 Å². The Kier molecular flexibility index (Phi) is 7.54. The molecule has 10 heteroatoms. The number of carbonyl (C=O) groups is 1. The fraction of sp³-hybridized carbons (Fsp3) is 0.458. The second kappa shape index (κ2) is 10.4. The molecule has 0 N–H and O–H groups in total. The van der Waals surface area contributed by atoms with E-state index in [2.05, 4.69) is 4.90 Å². The lowest BCUT2D eigenvalue weighted by atomic mass is 9.96. The van der Waals surface area contributed by atoms with E-state index in [1.807, 2.05) is 29.2 Å². The molecule has 0 saturated carbocycles. The van der Waals surface area contributed by atoms with Crippen LogP contribution in [0.1, 0.15) is 12.8 Å². The van der Waals surface area contributed by atoms with Crippen LogP contribution >= 0.6 is 11.6 Å². The predicted molar refractivity (Wildman–Crippen MR) is 131 cm³/mol. The zero-order chi connectivity index (χ0) is 24.3. The second-order valence-electron chi connectivity index (χ2n) is 8.48. The first kappa shape index (κ1) is 24.6. The summed E-state index contributed by atoms with van der Waals surface area (Å²) >= 11 is 6.03. The van der Waals surface area contributed by atoms with Crippen molar-refractivity contribution >= 4 is 33.2 Å². The van der Waals surface area contributed by atoms with Crippen molar-refractivity contribution in [3.63, 3.8) is 0 Å². The third-order valence-electron chi connectivity index (χ3n) is 6.58. The van der Waals surface area contributed by atoms with Crippen LogP contribution < -0.4 is 14.4 Å². The van der Waals surface area contributed by atoms with Crippen molar-refractivity contribution in [1.82, 2.24) is 9.21 Å². The molecular weight excluding hydrogens is 478 g/mol. The number of anilines is 1. The van der Waals surface area contributed by atoms with E-state index in [1.165, 1.54) is 17.5 Å². The van der Waals surface area contributed by atoms with E-state index in [4.69, 9.17) is 21.1 Å². The molecule has 2 aliphatic heterocycles. The summed E-state index contributed by atoms with van der Waals surface area (Å²) in [5, 5.41) is 0.332. The molecule has 2 saturated heterocycles. The number of halogens is 1. The summed E-state index contributed by atoms with van der Waals surface area (Å²) in [6.07, 6.45) is 0.999. The summed E-state index contributed by atoms with van der Waals surface area (Å²) in [4.78, 5) is 17.4. The summed E-state index contributed by atoms with van der Waals surface area (Å²) in [6.45, 7) is 3.42. The summed E-state index contributed by atoms with van der Waals surface area (Å²) in [5.41, 5.74) is 1.11. The molecule has 2 aliphatic rings. The molecular formula is C24H30ClN3O5S. The van der Waals surface area contributed by atoms with E-state index >= 15 is 0 Å². The first-order chi connectivity index (χ1) is 16.3. The molecule has 2 aromatic carbocycles. The molecule has 1 amide bonds. The molecule has 34 heavy (non-hydrogen) atoms. The van der Waals surface area contributed by atoms with Gasteiger partial charge in [0, 0.05) is 55.9 Å². The second-order valence-corrected chi connectivity index (χ2v) is 10.8. The fourth-order valence-corrected chi connectivity index (χ4v) is 6.46. The summed E-state index contributed by atoms with van der Waals surface area (Å²) in [6, 6.07) is 12.5. The minimum atomic E-state index is -3.76. The topological polar surface area (TPSA) is 79.4 Å². The Morgan fingerprint density at radius 1 is 0.912 bits per heavy atom. The van der Waals surface area contributed by atoms with Crippen molar-refractivity contribution in [2.75, 3.05) is 58.4 Å². The number of ether oxygens (including phenoxy) is 2. The van der Waals surface area contributed by atoms with Gasteiger partial charge in [-0.2, -0.15) is 4.31 Å². The summed E-state index contributed by atoms with van der Waals surface area (Å²) < 4.78 is 38.2. The van der Waals surface area contributed by atoms with Crippen LogP contribution in [0.15, 0.2) is 47.4 Å². The summed E-state index contributed by atoms with van der Waals surface area (Å²) in [5.74, 6) is 1.03. The highest BCUT2D eigenvalue weighted by molar-refractivity contribution is 7.89. The Morgan fingerprint density at radius 3 is 2.15 bits per heavy atom. The molecule has 0 aromatic heterocycles. The van der Waals surface area contributed by atoms with Crippen LogP contribution in [0.3, 0.4) is 0 Å². The number of hydrogen-bond acceptors (Lipinski definition) is 6. The maximum absolute atomic E-state index is 13.2. The molecule has 0 aliphatic carbocycles. The van der Waals surface area contributed by atoms with Gasteiger partial charge in [-0.05, 0) is 55.3 Å². The Morgan fingerprint density at radius 2 is 1.56 bits per heavy atom. The van der Waals surface area contributed by atoms with Gasteiger partial charge in [-0.1, -0.05) is 11.6 Å². The molecule has 0 bridgehead atoms. The Hall–Kier alpha value is -2.49. The number of amides is 1. The van der Waals surface area contributed by atoms with Crippen molar-refractivity contribution in [3.8, 4) is 11.5 Å². The predicted octanol–water partition coefficient (Wildman–Crippen LogP) is 3.11. The number of piperidine rings is 1. The van der Waals surface area contributed by atoms with Gasteiger partial charge in [0.15, 0.2) is 0 Å². The lowest BCUT2D eigenvalue weighted by Gasteiger charge is -2.39. The van der Waals surface area contributed by atoms with Crippen LogP contribution in [-0.4, -0.2) is 77.0 Å². The minimum Gasteiger partial charge on any atom is -0.497 e. The van der Waals surface area contributed by atoms with Gasteiger partial charge in [0.25, 0.3) is 0 Å². The molecule has 184 valence electrons. The lowest BCUT2D eigenvalue weighted by molar-refractivity contribution is -0.137. The van der Waals surface area contributed by atoms with E-state index in [9.17, 15) is 13.2 Å². The van der Waals surface area contributed by atoms with Crippen molar-refractivity contribution in [2.24, 2.45) is 5.92 Å². The van der Waals surface area contributed by atoms with Crippen LogP contribution in [0.4, 0.5) is 5.69 Å². The highest BCUT2D eigenvalue weighted by atomic mass is 35.5. The highest BCUT2D eigenvalue weighted by Crippen LogP contribution is 2.32. The third-order valence-corrected chi connectivity index (χ3v) is 8.73. The SMILES string of the molecule is COc1ccc(N2CCN(C(=O)C3CCN(S(=O)(=O)c4cc(Cl)ccc4OC)CC3)CC2)cc1. The number of sulfonamides is 1. The van der Waals surface area contributed by atoms with E-state index in [0.717, 1.165) is 24.5 Å². The average molecular weight is 508 g/mol. The number of benzene rings is 2. The summed E-state index contributed by atoms with van der Waals surface area (Å²) in [7, 11) is -0.683. The number of piperazine rings is 1. The van der Waals surface area contributed by atoms with Gasteiger partial charge in [-0.25, -0.2) is 8.42 Å². The largest absolute Gasteiger partial charge is 0.497 e. The molecule has 2 aromatic rings. The Bertz CT molecular complexity index is 1110. The standard InChI is InChI=1S/C24H30ClN3O5S/c1-32-21-6-4-20(5-7-21)26-13-15-27(16-14-26)24(29)18-9-11-28(12-10-18)34(30,31)23-17-19(25)3-8-22(23)33-2/h3-8,17-18H,9-16H2,1-2H3. The van der Waals surface area contributed by atoms with Crippen molar-refractivity contribution in [1.29, 1.82) is 0 Å². The zero-order valence-corrected chi connectivity index (χ0v) is 21.0. The third kappa shape index (κ3) is 5.11. The van der Waals surface area contributed by atoms with Gasteiger partial charge < -0.3 is 19.3 Å². The molecule has 8 nitrogen and oxygen atoms in total. The van der Waals surface area contributed by atoms with Crippen LogP contribution in [0, 0.1) is 5.92 Å². The smallest absolute Gasteiger partial charge is 0.246 e. The van der Waals surface area contributed by atoms with E-state index in [0.29, 0.717) is 44.0 Å². The number of rotatable bonds is 6. The van der Waals surface area contributed by atoms with E-state index in [1.54, 1.807) is 19.2 Å². The quantitative estimate of drug-likeness (QED) is 0.598. The molecule has 2 fully saturated rings. The van der Waals surface area contributed by atoms with Crippen LogP contribution in [0.2, 0.25) is 5.02 Å². The minimum absolute atomic E-state index is 0.0573. The van der Waals surface area contributed by atoms with Gasteiger partial charge in [-0.15, -0.1) is 0 Å². The van der Waals surface area contributed by atoms with Gasteiger partial charge in [0.2, 0.25) is 15.9 Å². The van der Waals surface area contributed by atoms with E-state index < -0.39 is 10.0 Å². The van der Waals surface area contributed by atoms with Crippen LogP contribution in [-0.2, 0) is 14.8 Å². The van der Waals surface area contributed by atoms with Gasteiger partial charge in [0.05, 0.1) is 14.2 Å². The van der Waals surface area contributed by atoms with Crippen molar-refractivity contribution in [3.05, 3.63) is 47.5 Å². The Balaban J connectivity index is 1.33.